The van der Waals surface area contributed by atoms with Gasteiger partial charge in [0.05, 0.1) is 25.8 Å². The van der Waals surface area contributed by atoms with Crippen LogP contribution in [-0.2, 0) is 9.59 Å². The maximum atomic E-state index is 13.6. The number of benzene rings is 3. The lowest BCUT2D eigenvalue weighted by molar-refractivity contribution is -0.135. The molecule has 0 saturated heterocycles. The molecule has 3 N–H and O–H groups in total. The molecule has 1 aromatic heterocycles. The predicted molar refractivity (Wildman–Crippen MR) is 139 cm³/mol. The average molecular weight is 516 g/mol. The highest BCUT2D eigenvalue weighted by molar-refractivity contribution is 6.07. The van der Waals surface area contributed by atoms with E-state index in [2.05, 4.69) is 10.3 Å². The SMILES string of the molecule is COc1cc2nccc(Oc3ccc(C(NC(=O)C4(C(N)=O)CC4)c4ccc(F)cc4)cc3)c2cc1OC. The Hall–Kier alpha value is -4.66. The van der Waals surface area contributed by atoms with Crippen LogP contribution in [0.2, 0.25) is 0 Å². The maximum absolute atomic E-state index is 13.6. The molecule has 2 amide bonds. The monoisotopic (exact) mass is 515 g/mol. The van der Waals surface area contributed by atoms with Gasteiger partial charge in [0.15, 0.2) is 11.5 Å². The number of nitrogens with two attached hydrogens (primary N) is 1. The van der Waals surface area contributed by atoms with Crippen molar-refractivity contribution >= 4 is 22.7 Å². The third kappa shape index (κ3) is 4.70. The highest BCUT2D eigenvalue weighted by Crippen LogP contribution is 2.46. The van der Waals surface area contributed by atoms with E-state index in [-0.39, 0.29) is 0 Å². The summed E-state index contributed by atoms with van der Waals surface area (Å²) in [4.78, 5) is 29.3. The van der Waals surface area contributed by atoms with Crippen LogP contribution in [0.25, 0.3) is 10.9 Å². The fourth-order valence-corrected chi connectivity index (χ4v) is 4.39. The lowest BCUT2D eigenvalue weighted by Gasteiger charge is -2.22. The predicted octanol–water partition coefficient (Wildman–Crippen LogP) is 4.65. The molecule has 0 bridgehead atoms. The quantitative estimate of drug-likeness (QED) is 0.314. The Morgan fingerprint density at radius 2 is 1.53 bits per heavy atom. The molecule has 9 heteroatoms. The summed E-state index contributed by atoms with van der Waals surface area (Å²) in [6.45, 7) is 0. The summed E-state index contributed by atoms with van der Waals surface area (Å²) in [6, 6.07) is 17.7. The molecule has 1 atom stereocenters. The van der Waals surface area contributed by atoms with Crippen molar-refractivity contribution in [2.75, 3.05) is 14.2 Å². The molecule has 5 rings (SSSR count). The zero-order valence-electron chi connectivity index (χ0n) is 20.9. The van der Waals surface area contributed by atoms with Crippen LogP contribution >= 0.6 is 0 Å². The molecule has 38 heavy (non-hydrogen) atoms. The molecule has 4 aromatic rings. The zero-order valence-corrected chi connectivity index (χ0v) is 20.9. The van der Waals surface area contributed by atoms with E-state index in [0.717, 1.165) is 10.9 Å². The maximum Gasteiger partial charge on any atom is 0.236 e. The van der Waals surface area contributed by atoms with E-state index in [0.29, 0.717) is 46.9 Å². The number of pyridine rings is 1. The van der Waals surface area contributed by atoms with Gasteiger partial charge in [-0.15, -0.1) is 0 Å². The van der Waals surface area contributed by atoms with E-state index in [4.69, 9.17) is 19.9 Å². The van der Waals surface area contributed by atoms with Crippen molar-refractivity contribution < 1.29 is 28.2 Å². The van der Waals surface area contributed by atoms with Gasteiger partial charge in [-0.3, -0.25) is 14.6 Å². The first-order valence-corrected chi connectivity index (χ1v) is 12.0. The number of carbonyl (C=O) groups is 2. The minimum absolute atomic E-state index is 0.391. The van der Waals surface area contributed by atoms with Crippen LogP contribution in [0.15, 0.2) is 72.9 Å². The summed E-state index contributed by atoms with van der Waals surface area (Å²) >= 11 is 0. The van der Waals surface area contributed by atoms with Gasteiger partial charge in [-0.25, -0.2) is 4.39 Å². The van der Waals surface area contributed by atoms with E-state index in [9.17, 15) is 14.0 Å². The minimum atomic E-state index is -1.19. The number of aromatic nitrogens is 1. The van der Waals surface area contributed by atoms with Gasteiger partial charge in [0.1, 0.15) is 22.7 Å². The fourth-order valence-electron chi connectivity index (χ4n) is 4.39. The standard InChI is InChI=1S/C29H26FN3O5/c1-36-24-15-21-22(16-25(24)37-2)32-14-11-23(21)38-20-9-5-18(6-10-20)26(17-3-7-19(30)8-4-17)33-28(35)29(12-13-29)27(31)34/h3-11,14-16,26H,12-13H2,1-2H3,(H2,31,34)(H,33,35). The first-order valence-electron chi connectivity index (χ1n) is 12.0. The Labute approximate surface area is 218 Å². The number of halogens is 1. The van der Waals surface area contributed by atoms with Crippen LogP contribution < -0.4 is 25.3 Å². The molecule has 1 unspecified atom stereocenters. The molecule has 1 aliphatic rings. The molecule has 1 fully saturated rings. The number of nitrogens with zero attached hydrogens (tertiary/aromatic N) is 1. The number of carbonyl (C=O) groups excluding carboxylic acids is 2. The number of hydrogen-bond acceptors (Lipinski definition) is 6. The van der Waals surface area contributed by atoms with Gasteiger partial charge in [-0.05, 0) is 60.4 Å². The molecule has 0 radical (unpaired) electrons. The van der Waals surface area contributed by atoms with Gasteiger partial charge < -0.3 is 25.3 Å². The second kappa shape index (κ2) is 10.0. The van der Waals surface area contributed by atoms with E-state index in [1.165, 1.54) is 12.1 Å². The highest BCUT2D eigenvalue weighted by Gasteiger charge is 2.55. The second-order valence-electron chi connectivity index (χ2n) is 9.11. The van der Waals surface area contributed by atoms with Gasteiger partial charge >= 0.3 is 0 Å². The van der Waals surface area contributed by atoms with Crippen LogP contribution in [0.3, 0.4) is 0 Å². The number of hydrogen-bond donors (Lipinski definition) is 2. The first-order chi connectivity index (χ1) is 18.3. The molecule has 0 spiro atoms. The number of nitrogens with one attached hydrogen (secondary N) is 1. The first kappa shape index (κ1) is 25.0. The minimum Gasteiger partial charge on any atom is -0.493 e. The van der Waals surface area contributed by atoms with Gasteiger partial charge in [0, 0.05) is 17.6 Å². The number of fused-ring (bicyclic) bond motifs is 1. The van der Waals surface area contributed by atoms with Gasteiger partial charge in [0.2, 0.25) is 11.8 Å². The van der Waals surface area contributed by atoms with Crippen LogP contribution in [0.5, 0.6) is 23.0 Å². The van der Waals surface area contributed by atoms with Gasteiger partial charge in [-0.2, -0.15) is 0 Å². The Bertz CT molecular complexity index is 1500. The Morgan fingerprint density at radius 3 is 2.11 bits per heavy atom. The van der Waals surface area contributed by atoms with Crippen LogP contribution in [0.4, 0.5) is 4.39 Å². The summed E-state index contributed by atoms with van der Waals surface area (Å²) in [5.41, 5.74) is 6.37. The molecule has 3 aromatic carbocycles. The summed E-state index contributed by atoms with van der Waals surface area (Å²) in [5, 5.41) is 3.68. The number of rotatable bonds is 9. The van der Waals surface area contributed by atoms with Crippen molar-refractivity contribution in [2.24, 2.45) is 11.1 Å². The lowest BCUT2D eigenvalue weighted by Crippen LogP contribution is -2.42. The van der Waals surface area contributed by atoms with E-state index >= 15 is 0 Å². The lowest BCUT2D eigenvalue weighted by atomic mass is 9.96. The summed E-state index contributed by atoms with van der Waals surface area (Å²) in [5.74, 6) is 0.767. The molecule has 1 heterocycles. The smallest absolute Gasteiger partial charge is 0.236 e. The number of primary amides is 1. The van der Waals surface area contributed by atoms with Crippen LogP contribution in [-0.4, -0.2) is 31.0 Å². The molecule has 0 aliphatic heterocycles. The third-order valence-electron chi connectivity index (χ3n) is 6.78. The Balaban J connectivity index is 1.44. The summed E-state index contributed by atoms with van der Waals surface area (Å²) < 4.78 is 30.5. The number of amides is 2. The highest BCUT2D eigenvalue weighted by atomic mass is 19.1. The normalized spacial score (nSPS) is 14.4. The fraction of sp³-hybridized carbons (Fsp3) is 0.207. The molecule has 1 saturated carbocycles. The number of ether oxygens (including phenoxy) is 3. The van der Waals surface area contributed by atoms with E-state index < -0.39 is 29.1 Å². The van der Waals surface area contributed by atoms with Crippen molar-refractivity contribution in [1.29, 1.82) is 0 Å². The molecular formula is C29H26FN3O5. The van der Waals surface area contributed by atoms with Crippen LogP contribution in [0.1, 0.15) is 30.0 Å². The second-order valence-corrected chi connectivity index (χ2v) is 9.11. The molecule has 1 aliphatic carbocycles. The summed E-state index contributed by atoms with van der Waals surface area (Å²) in [7, 11) is 3.12. The average Bonchev–Trinajstić information content (AvgIpc) is 3.75. The number of methoxy groups -OCH3 is 2. The molecular weight excluding hydrogens is 489 g/mol. The molecule has 194 valence electrons. The Kier molecular flexibility index (Phi) is 6.59. The zero-order chi connectivity index (χ0) is 26.9. The summed E-state index contributed by atoms with van der Waals surface area (Å²) in [6.07, 6.45) is 2.46. The third-order valence-corrected chi connectivity index (χ3v) is 6.78. The van der Waals surface area contributed by atoms with Crippen molar-refractivity contribution in [3.63, 3.8) is 0 Å². The van der Waals surface area contributed by atoms with E-state index in [1.807, 2.05) is 0 Å². The van der Waals surface area contributed by atoms with Crippen molar-refractivity contribution in [3.8, 4) is 23.0 Å². The molecule has 8 nitrogen and oxygen atoms in total. The Morgan fingerprint density at radius 1 is 0.921 bits per heavy atom. The van der Waals surface area contributed by atoms with Crippen molar-refractivity contribution in [3.05, 3.63) is 89.9 Å². The van der Waals surface area contributed by atoms with Crippen molar-refractivity contribution in [1.82, 2.24) is 10.3 Å². The largest absolute Gasteiger partial charge is 0.493 e. The van der Waals surface area contributed by atoms with Crippen LogP contribution in [0, 0.1) is 11.2 Å². The van der Waals surface area contributed by atoms with Crippen molar-refractivity contribution in [2.45, 2.75) is 18.9 Å². The van der Waals surface area contributed by atoms with Gasteiger partial charge in [0.25, 0.3) is 0 Å². The topological polar surface area (TPSA) is 113 Å². The van der Waals surface area contributed by atoms with E-state index in [1.54, 1.807) is 75.0 Å². The van der Waals surface area contributed by atoms with Gasteiger partial charge in [-0.1, -0.05) is 24.3 Å².